The van der Waals surface area contributed by atoms with Gasteiger partial charge in [-0.25, -0.2) is 0 Å². The molecule has 0 saturated carbocycles. The van der Waals surface area contributed by atoms with Crippen molar-refractivity contribution < 1.29 is 8.95 Å². The highest BCUT2D eigenvalue weighted by Gasteiger charge is 2.18. The Labute approximate surface area is 159 Å². The number of nitrogens with one attached hydrogen (secondary N) is 2. The highest BCUT2D eigenvalue weighted by atomic mass is 127. The molecule has 0 bridgehead atoms. The Bertz CT molecular complexity index is 490. The third kappa shape index (κ3) is 9.80. The second kappa shape index (κ2) is 11.7. The number of rotatable bonds is 7. The third-order valence-corrected chi connectivity index (χ3v) is 4.83. The van der Waals surface area contributed by atoms with Crippen molar-refractivity contribution in [2.75, 3.05) is 32.5 Å². The lowest BCUT2D eigenvalue weighted by Gasteiger charge is -2.18. The first kappa shape index (κ1) is 22.2. The summed E-state index contributed by atoms with van der Waals surface area (Å²) in [5.41, 5.74) is 0. The van der Waals surface area contributed by atoms with Crippen LogP contribution >= 0.6 is 24.0 Å². The van der Waals surface area contributed by atoms with E-state index in [1.165, 1.54) is 0 Å². The van der Waals surface area contributed by atoms with Crippen molar-refractivity contribution in [1.29, 1.82) is 0 Å². The lowest BCUT2D eigenvalue weighted by atomic mass is 10.3. The molecule has 5 nitrogen and oxygen atoms in total. The summed E-state index contributed by atoms with van der Waals surface area (Å²) in [7, 11) is 0.858. The molecule has 2 N–H and O–H groups in total. The third-order valence-electron chi connectivity index (χ3n) is 2.89. The maximum Gasteiger partial charge on any atom is 0.191 e. The fraction of sp³-hybridized carbons (Fsp3) is 0.562. The number of hydrogen-bond acceptors (Lipinski definition) is 3. The van der Waals surface area contributed by atoms with Gasteiger partial charge in [0.15, 0.2) is 5.96 Å². The second-order valence-corrected chi connectivity index (χ2v) is 8.07. The van der Waals surface area contributed by atoms with E-state index in [-0.39, 0.29) is 28.7 Å². The zero-order chi connectivity index (χ0) is 16.4. The lowest BCUT2D eigenvalue weighted by Crippen LogP contribution is -2.41. The second-order valence-electron chi connectivity index (χ2n) is 5.75. The summed E-state index contributed by atoms with van der Waals surface area (Å²) in [6.45, 7) is 7.78. The van der Waals surface area contributed by atoms with Crippen LogP contribution in [0.25, 0.3) is 0 Å². The number of halogens is 1. The van der Waals surface area contributed by atoms with Crippen LogP contribution in [0.5, 0.6) is 5.75 Å². The van der Waals surface area contributed by atoms with Gasteiger partial charge in [-0.15, -0.1) is 24.0 Å². The van der Waals surface area contributed by atoms with Crippen LogP contribution in [0.2, 0.25) is 0 Å². The predicted octanol–water partition coefficient (Wildman–Crippen LogP) is 2.40. The predicted molar refractivity (Wildman–Crippen MR) is 109 cm³/mol. The number of aliphatic imine (C=N–C) groups is 1. The standard InChI is InChI=1S/C16H27N3O2S.HI/c1-16(2,3)22(20)13-11-19-15(17-4)18-10-12-21-14-8-6-5-7-9-14;/h5-9H,10-13H2,1-4H3,(H2,17,18,19);1H. The highest BCUT2D eigenvalue weighted by Crippen LogP contribution is 2.10. The molecule has 0 heterocycles. The molecule has 1 aromatic rings. The molecule has 132 valence electrons. The summed E-state index contributed by atoms with van der Waals surface area (Å²) in [6.07, 6.45) is 0. The van der Waals surface area contributed by atoms with E-state index in [9.17, 15) is 4.21 Å². The van der Waals surface area contributed by atoms with Gasteiger partial charge >= 0.3 is 0 Å². The zero-order valence-electron chi connectivity index (χ0n) is 14.3. The number of para-hydroxylation sites is 1. The molecule has 1 aromatic carbocycles. The van der Waals surface area contributed by atoms with E-state index < -0.39 is 10.8 Å². The van der Waals surface area contributed by atoms with Gasteiger partial charge < -0.3 is 15.4 Å². The van der Waals surface area contributed by atoms with Gasteiger partial charge in [0.25, 0.3) is 0 Å². The fourth-order valence-electron chi connectivity index (χ4n) is 1.64. The molecule has 1 unspecified atom stereocenters. The van der Waals surface area contributed by atoms with E-state index >= 15 is 0 Å². The van der Waals surface area contributed by atoms with Crippen LogP contribution in [0.15, 0.2) is 35.3 Å². The van der Waals surface area contributed by atoms with Gasteiger partial charge in [-0.05, 0) is 32.9 Å². The Kier molecular flexibility index (Phi) is 11.2. The van der Waals surface area contributed by atoms with Gasteiger partial charge in [0.2, 0.25) is 0 Å². The summed E-state index contributed by atoms with van der Waals surface area (Å²) < 4.78 is 17.4. The monoisotopic (exact) mass is 453 g/mol. The Morgan fingerprint density at radius 2 is 1.78 bits per heavy atom. The molecular formula is C16H28IN3O2S. The molecule has 0 aromatic heterocycles. The van der Waals surface area contributed by atoms with Crippen molar-refractivity contribution in [3.63, 3.8) is 0 Å². The van der Waals surface area contributed by atoms with Crippen molar-refractivity contribution in [1.82, 2.24) is 10.6 Å². The van der Waals surface area contributed by atoms with E-state index in [1.807, 2.05) is 51.1 Å². The molecule has 0 radical (unpaired) electrons. The molecule has 0 aliphatic carbocycles. The molecule has 23 heavy (non-hydrogen) atoms. The van der Waals surface area contributed by atoms with Crippen LogP contribution in [-0.4, -0.2) is 47.4 Å². The smallest absolute Gasteiger partial charge is 0.191 e. The van der Waals surface area contributed by atoms with E-state index in [1.54, 1.807) is 7.05 Å². The first-order valence-corrected chi connectivity index (χ1v) is 8.76. The van der Waals surface area contributed by atoms with Gasteiger partial charge in [-0.1, -0.05) is 18.2 Å². The summed E-state index contributed by atoms with van der Waals surface area (Å²) in [6, 6.07) is 9.69. The van der Waals surface area contributed by atoms with Crippen molar-refractivity contribution in [3.8, 4) is 5.75 Å². The van der Waals surface area contributed by atoms with Gasteiger partial charge in [0, 0.05) is 34.9 Å². The van der Waals surface area contributed by atoms with E-state index in [0.29, 0.717) is 31.4 Å². The van der Waals surface area contributed by atoms with Crippen LogP contribution in [-0.2, 0) is 10.8 Å². The Balaban J connectivity index is 0.00000484. The Morgan fingerprint density at radius 1 is 1.17 bits per heavy atom. The topological polar surface area (TPSA) is 62.7 Å². The van der Waals surface area contributed by atoms with Crippen molar-refractivity contribution in [2.24, 2.45) is 4.99 Å². The summed E-state index contributed by atoms with van der Waals surface area (Å²) >= 11 is 0. The van der Waals surface area contributed by atoms with Gasteiger partial charge in [0.05, 0.1) is 6.54 Å². The summed E-state index contributed by atoms with van der Waals surface area (Å²) in [5, 5.41) is 6.33. The largest absolute Gasteiger partial charge is 0.492 e. The minimum absolute atomic E-state index is 0. The molecule has 7 heteroatoms. The van der Waals surface area contributed by atoms with Crippen LogP contribution in [0.4, 0.5) is 0 Å². The molecular weight excluding hydrogens is 425 g/mol. The van der Waals surface area contributed by atoms with Gasteiger partial charge in [-0.2, -0.15) is 0 Å². The van der Waals surface area contributed by atoms with Crippen molar-refractivity contribution in [3.05, 3.63) is 30.3 Å². The van der Waals surface area contributed by atoms with E-state index in [2.05, 4.69) is 15.6 Å². The van der Waals surface area contributed by atoms with Gasteiger partial charge in [0.1, 0.15) is 12.4 Å². The normalized spacial score (nSPS) is 13.0. The number of ether oxygens (including phenoxy) is 1. The average molecular weight is 453 g/mol. The quantitative estimate of drug-likeness (QED) is 0.288. The van der Waals surface area contributed by atoms with E-state index in [4.69, 9.17) is 4.74 Å². The molecule has 0 fully saturated rings. The van der Waals surface area contributed by atoms with Crippen molar-refractivity contribution >= 4 is 40.7 Å². The SMILES string of the molecule is CN=C(NCCOc1ccccc1)NCCS(=O)C(C)(C)C.I. The first-order chi connectivity index (χ1) is 10.4. The highest BCUT2D eigenvalue weighted by molar-refractivity contribution is 14.0. The summed E-state index contributed by atoms with van der Waals surface area (Å²) in [5.74, 6) is 2.15. The van der Waals surface area contributed by atoms with Crippen LogP contribution in [0.3, 0.4) is 0 Å². The molecule has 1 rings (SSSR count). The molecule has 0 saturated heterocycles. The Hall–Kier alpha value is -0.830. The fourth-order valence-corrected chi connectivity index (χ4v) is 2.54. The summed E-state index contributed by atoms with van der Waals surface area (Å²) in [4.78, 5) is 4.13. The minimum Gasteiger partial charge on any atom is -0.492 e. The molecule has 0 aliphatic rings. The zero-order valence-corrected chi connectivity index (χ0v) is 17.4. The average Bonchev–Trinajstić information content (AvgIpc) is 2.49. The lowest BCUT2D eigenvalue weighted by molar-refractivity contribution is 0.322. The number of hydrogen-bond donors (Lipinski definition) is 2. The van der Waals surface area contributed by atoms with Gasteiger partial charge in [-0.3, -0.25) is 9.20 Å². The maximum atomic E-state index is 11.9. The number of guanidine groups is 1. The molecule has 0 spiro atoms. The molecule has 0 aliphatic heterocycles. The number of nitrogens with zero attached hydrogens (tertiary/aromatic N) is 1. The van der Waals surface area contributed by atoms with Crippen LogP contribution < -0.4 is 15.4 Å². The molecule has 0 amide bonds. The maximum absolute atomic E-state index is 11.9. The van der Waals surface area contributed by atoms with E-state index in [0.717, 1.165) is 5.75 Å². The minimum atomic E-state index is -0.858. The van der Waals surface area contributed by atoms with Crippen LogP contribution in [0, 0.1) is 0 Å². The molecule has 1 atom stereocenters. The van der Waals surface area contributed by atoms with Crippen molar-refractivity contribution in [2.45, 2.75) is 25.5 Å². The first-order valence-electron chi connectivity index (χ1n) is 7.44. The van der Waals surface area contributed by atoms with Crippen LogP contribution in [0.1, 0.15) is 20.8 Å². The Morgan fingerprint density at radius 3 is 2.35 bits per heavy atom. The number of benzene rings is 1.